The maximum absolute atomic E-state index is 12.1. The molecule has 25 heavy (non-hydrogen) atoms. The fraction of sp³-hybridized carbons (Fsp3) is 0.278. The van der Waals surface area contributed by atoms with Crippen LogP contribution < -0.4 is 10.1 Å². The highest BCUT2D eigenvalue weighted by Gasteiger charge is 2.12. The first-order chi connectivity index (χ1) is 12.0. The van der Waals surface area contributed by atoms with Crippen LogP contribution in [0.25, 0.3) is 11.1 Å². The van der Waals surface area contributed by atoms with Crippen LogP contribution in [0.5, 0.6) is 5.75 Å². The molecule has 0 fully saturated rings. The summed E-state index contributed by atoms with van der Waals surface area (Å²) in [5, 5.41) is 7.03. The van der Waals surface area contributed by atoms with Crippen LogP contribution in [0.3, 0.4) is 0 Å². The lowest BCUT2D eigenvalue weighted by atomic mass is 10.1. The van der Waals surface area contributed by atoms with Crippen molar-refractivity contribution in [3.8, 4) is 16.9 Å². The molecule has 0 spiro atoms. The highest BCUT2D eigenvalue weighted by Crippen LogP contribution is 2.23. The van der Waals surface area contributed by atoms with Crippen molar-refractivity contribution in [3.63, 3.8) is 0 Å². The number of nitrogens with one attached hydrogen (secondary N) is 1. The zero-order valence-electron chi connectivity index (χ0n) is 14.4. The second-order valence-corrected chi connectivity index (χ2v) is 5.97. The number of aryl methyl sites for hydroxylation is 2. The Balaban J connectivity index is 1.57. The first-order valence-corrected chi connectivity index (χ1v) is 7.93. The van der Waals surface area contributed by atoms with E-state index in [2.05, 4.69) is 21.5 Å². The van der Waals surface area contributed by atoms with Gasteiger partial charge in [0.15, 0.2) is 0 Å². The van der Waals surface area contributed by atoms with Gasteiger partial charge in [0.25, 0.3) is 5.91 Å². The summed E-state index contributed by atoms with van der Waals surface area (Å²) in [6.07, 6.45) is 7.00. The average molecular weight is 338 g/mol. The number of imidazole rings is 1. The van der Waals surface area contributed by atoms with Crippen molar-refractivity contribution in [2.24, 2.45) is 14.1 Å². The first-order valence-electron chi connectivity index (χ1n) is 7.93. The molecule has 0 aliphatic heterocycles. The van der Waals surface area contributed by atoms with E-state index in [1.54, 1.807) is 34.0 Å². The van der Waals surface area contributed by atoms with Gasteiger partial charge in [-0.2, -0.15) is 5.10 Å². The second kappa shape index (κ2) is 7.21. The van der Waals surface area contributed by atoms with E-state index in [-0.39, 0.29) is 11.9 Å². The van der Waals surface area contributed by atoms with Gasteiger partial charge in [0.05, 0.1) is 18.6 Å². The monoisotopic (exact) mass is 338 g/mol. The number of hydrogen-bond donors (Lipinski definition) is 1. The van der Waals surface area contributed by atoms with E-state index in [4.69, 9.17) is 4.74 Å². The van der Waals surface area contributed by atoms with E-state index in [0.717, 1.165) is 11.1 Å². The Labute approximate surface area is 146 Å². The predicted molar refractivity (Wildman–Crippen MR) is 93.1 cm³/mol. The van der Waals surface area contributed by atoms with Crippen LogP contribution in [-0.2, 0) is 14.1 Å². The van der Waals surface area contributed by atoms with Gasteiger partial charge < -0.3 is 14.6 Å². The lowest BCUT2D eigenvalue weighted by Crippen LogP contribution is -2.37. The third-order valence-corrected chi connectivity index (χ3v) is 3.62. The van der Waals surface area contributed by atoms with E-state index in [9.17, 15) is 4.79 Å². The highest BCUT2D eigenvalue weighted by molar-refractivity contribution is 5.92. The van der Waals surface area contributed by atoms with Crippen LogP contribution in [-0.4, -0.2) is 37.9 Å². The summed E-state index contributed by atoms with van der Waals surface area (Å²) in [7, 11) is 3.70. The number of carbonyl (C=O) groups excluding carboxylic acids is 1. The minimum atomic E-state index is -0.215. The predicted octanol–water partition coefficient (Wildman–Crippen LogP) is 1.82. The van der Waals surface area contributed by atoms with Crippen molar-refractivity contribution >= 4 is 5.91 Å². The highest BCUT2D eigenvalue weighted by atomic mass is 16.5. The van der Waals surface area contributed by atoms with E-state index in [0.29, 0.717) is 18.1 Å². The van der Waals surface area contributed by atoms with E-state index >= 15 is 0 Å². The zero-order valence-corrected chi connectivity index (χ0v) is 14.4. The van der Waals surface area contributed by atoms with Crippen LogP contribution in [0.4, 0.5) is 0 Å². The van der Waals surface area contributed by atoms with Gasteiger partial charge in [-0.1, -0.05) is 0 Å². The average Bonchev–Trinajstić information content (AvgIpc) is 3.22. The molecular weight excluding hydrogens is 318 g/mol. The summed E-state index contributed by atoms with van der Waals surface area (Å²) in [6, 6.07) is 8.50. The Bertz CT molecular complexity index is 868. The minimum absolute atomic E-state index is 0.156. The number of ether oxygens (including phenoxy) is 1. The smallest absolute Gasteiger partial charge is 0.271 e. The van der Waals surface area contributed by atoms with Gasteiger partial charge in [-0.05, 0) is 36.8 Å². The van der Waals surface area contributed by atoms with Gasteiger partial charge in [-0.15, -0.1) is 0 Å². The third-order valence-electron chi connectivity index (χ3n) is 3.62. The van der Waals surface area contributed by atoms with Crippen molar-refractivity contribution in [2.75, 3.05) is 6.61 Å². The van der Waals surface area contributed by atoms with Gasteiger partial charge in [-0.3, -0.25) is 9.48 Å². The molecule has 3 rings (SSSR count). The van der Waals surface area contributed by atoms with E-state index < -0.39 is 0 Å². The van der Waals surface area contributed by atoms with Crippen LogP contribution in [0.1, 0.15) is 17.4 Å². The number of amides is 1. The summed E-state index contributed by atoms with van der Waals surface area (Å²) in [6.45, 7) is 2.23. The molecule has 1 atom stereocenters. The molecule has 1 radical (unpaired) electrons. The number of hydrogen-bond acceptors (Lipinski definition) is 4. The minimum Gasteiger partial charge on any atom is -0.491 e. The molecule has 2 heterocycles. The molecule has 1 N–H and O–H groups in total. The lowest BCUT2D eigenvalue weighted by molar-refractivity contribution is 0.0922. The number of rotatable bonds is 6. The van der Waals surface area contributed by atoms with Crippen molar-refractivity contribution in [2.45, 2.75) is 13.0 Å². The molecule has 3 aromatic rings. The largest absolute Gasteiger partial charge is 0.491 e. The molecule has 0 saturated heterocycles. The molecule has 7 heteroatoms. The Morgan fingerprint density at radius 1 is 1.32 bits per heavy atom. The van der Waals surface area contributed by atoms with Gasteiger partial charge in [0, 0.05) is 32.1 Å². The molecule has 129 valence electrons. The maximum Gasteiger partial charge on any atom is 0.271 e. The molecule has 0 saturated carbocycles. The molecule has 7 nitrogen and oxygen atoms in total. The summed E-state index contributed by atoms with van der Waals surface area (Å²) in [5.41, 5.74) is 2.37. The van der Waals surface area contributed by atoms with Crippen LogP contribution in [0, 0.1) is 6.07 Å². The van der Waals surface area contributed by atoms with Gasteiger partial charge in [0.1, 0.15) is 18.1 Å². The van der Waals surface area contributed by atoms with Gasteiger partial charge in [0.2, 0.25) is 0 Å². The molecule has 1 amide bonds. The molecular formula is C18H20N5O2. The zero-order chi connectivity index (χ0) is 17.8. The molecule has 0 aliphatic rings. The number of benzene rings is 1. The fourth-order valence-corrected chi connectivity index (χ4v) is 2.36. The van der Waals surface area contributed by atoms with Crippen LogP contribution in [0.15, 0.2) is 43.1 Å². The van der Waals surface area contributed by atoms with Crippen molar-refractivity contribution in [1.82, 2.24) is 24.6 Å². The van der Waals surface area contributed by atoms with E-state index in [1.807, 2.05) is 39.3 Å². The summed E-state index contributed by atoms with van der Waals surface area (Å²) in [4.78, 5) is 16.1. The Morgan fingerprint density at radius 3 is 2.84 bits per heavy atom. The summed E-state index contributed by atoms with van der Waals surface area (Å²) in [5.74, 6) is 0.479. The molecule has 1 aromatic carbocycles. The first kappa shape index (κ1) is 16.8. The normalized spacial score (nSPS) is 12.0. The Hall–Kier alpha value is -3.09. The van der Waals surface area contributed by atoms with Crippen molar-refractivity contribution in [1.29, 1.82) is 0 Å². The molecule has 0 aliphatic carbocycles. The molecule has 2 aromatic heterocycles. The fourth-order valence-electron chi connectivity index (χ4n) is 2.36. The SMILES string of the molecule is C[C@H](COc1c[c]cc(-c2cnn(C)c2)c1)NC(=O)c1cn(C)cn1. The van der Waals surface area contributed by atoms with Crippen LogP contribution in [0.2, 0.25) is 0 Å². The second-order valence-electron chi connectivity index (χ2n) is 5.97. The summed E-state index contributed by atoms with van der Waals surface area (Å²) < 4.78 is 9.26. The maximum atomic E-state index is 12.1. The van der Waals surface area contributed by atoms with Gasteiger partial charge >= 0.3 is 0 Å². The van der Waals surface area contributed by atoms with Crippen molar-refractivity contribution < 1.29 is 9.53 Å². The third kappa shape index (κ3) is 4.26. The van der Waals surface area contributed by atoms with E-state index in [1.165, 1.54) is 0 Å². The standard InChI is InChI=1S/C18H20N5O2/c1-13(21-18(24)17-10-22(2)12-19-17)11-25-16-6-4-5-14(7-16)15-8-20-23(3)9-15/h5-10,12-13H,11H2,1-3H3,(H,21,24)/t13-/m1/s1. The lowest BCUT2D eigenvalue weighted by Gasteiger charge is -2.14. The Kier molecular flexibility index (Phi) is 4.83. The van der Waals surface area contributed by atoms with Crippen molar-refractivity contribution in [3.05, 3.63) is 54.9 Å². The summed E-state index contributed by atoms with van der Waals surface area (Å²) >= 11 is 0. The Morgan fingerprint density at radius 2 is 2.16 bits per heavy atom. The van der Waals surface area contributed by atoms with Gasteiger partial charge in [-0.25, -0.2) is 4.98 Å². The number of aromatic nitrogens is 4. The number of nitrogens with zero attached hydrogens (tertiary/aromatic N) is 4. The molecule has 0 bridgehead atoms. The quantitative estimate of drug-likeness (QED) is 0.744. The van der Waals surface area contributed by atoms with Crippen LogP contribution >= 0.6 is 0 Å². The molecule has 0 unspecified atom stereocenters. The topological polar surface area (TPSA) is 74.0 Å². The number of carbonyl (C=O) groups is 1.